The number of halogens is 1. The van der Waals surface area contributed by atoms with E-state index in [2.05, 4.69) is 4.98 Å². The molecule has 0 radical (unpaired) electrons. The number of carbonyl (C=O) groups is 1. The molecular formula is C18H26ClN2O8P. The average molecular weight is 465 g/mol. The van der Waals surface area contributed by atoms with Gasteiger partial charge in [0.15, 0.2) is 6.23 Å². The number of esters is 1. The van der Waals surface area contributed by atoms with E-state index in [0.717, 1.165) is 0 Å². The number of fused-ring (bicyclic) bond motifs is 1. The number of phosphoric acid groups is 1. The summed E-state index contributed by atoms with van der Waals surface area (Å²) in [4.78, 5) is 26.5. The summed E-state index contributed by atoms with van der Waals surface area (Å²) in [5.41, 5.74) is 0.0526. The van der Waals surface area contributed by atoms with Gasteiger partial charge in [-0.1, -0.05) is 0 Å². The van der Waals surface area contributed by atoms with E-state index in [0.29, 0.717) is 5.69 Å². The number of hydrogen-bond acceptors (Lipinski definition) is 9. The zero-order valence-corrected chi connectivity index (χ0v) is 18.9. The topological polar surface area (TPSA) is 115 Å². The minimum Gasteiger partial charge on any atom is -0.463 e. The van der Waals surface area contributed by atoms with E-state index in [9.17, 15) is 14.2 Å². The number of rotatable bonds is 7. The summed E-state index contributed by atoms with van der Waals surface area (Å²) in [7, 11) is -3.91. The molecular weight excluding hydrogens is 439 g/mol. The van der Waals surface area contributed by atoms with Gasteiger partial charge in [0.25, 0.3) is 0 Å². The van der Waals surface area contributed by atoms with E-state index >= 15 is 0 Å². The number of aromatic nitrogens is 2. The summed E-state index contributed by atoms with van der Waals surface area (Å²) in [5.74, 6) is -0.366. The van der Waals surface area contributed by atoms with Crippen LogP contribution in [-0.2, 0) is 32.4 Å². The minimum atomic E-state index is -3.91. The lowest BCUT2D eigenvalue weighted by molar-refractivity contribution is -0.147. The van der Waals surface area contributed by atoms with Crippen LogP contribution in [0.4, 0.5) is 0 Å². The fourth-order valence-corrected chi connectivity index (χ4v) is 5.22. The Morgan fingerprint density at radius 1 is 1.50 bits per heavy atom. The zero-order valence-electron chi connectivity index (χ0n) is 17.3. The molecule has 168 valence electrons. The van der Waals surface area contributed by atoms with E-state index in [-0.39, 0.29) is 38.1 Å². The maximum absolute atomic E-state index is 12.9. The number of hydrogen-bond donors (Lipinski definition) is 0. The van der Waals surface area contributed by atoms with Gasteiger partial charge in [-0.05, 0) is 40.2 Å². The molecule has 0 bridgehead atoms. The van der Waals surface area contributed by atoms with Gasteiger partial charge in [-0.25, -0.2) is 9.36 Å². The van der Waals surface area contributed by atoms with E-state index < -0.39 is 36.8 Å². The second-order valence-electron chi connectivity index (χ2n) is 7.68. The van der Waals surface area contributed by atoms with E-state index in [1.54, 1.807) is 40.0 Å². The van der Waals surface area contributed by atoms with Crippen molar-refractivity contribution in [3.63, 3.8) is 0 Å². The molecule has 2 aliphatic rings. The molecule has 2 fully saturated rings. The third-order valence-electron chi connectivity index (χ3n) is 4.68. The molecule has 30 heavy (non-hydrogen) atoms. The van der Waals surface area contributed by atoms with Crippen molar-refractivity contribution in [3.05, 3.63) is 28.4 Å². The normalized spacial score (nSPS) is 33.5. The second kappa shape index (κ2) is 9.06. The van der Waals surface area contributed by atoms with Gasteiger partial charge in [0, 0.05) is 18.3 Å². The fraction of sp³-hybridized carbons (Fsp3) is 0.722. The molecule has 0 spiro atoms. The monoisotopic (exact) mass is 464 g/mol. The molecule has 2 aliphatic heterocycles. The van der Waals surface area contributed by atoms with Crippen molar-refractivity contribution in [1.29, 1.82) is 0 Å². The van der Waals surface area contributed by atoms with Crippen LogP contribution in [0.2, 0.25) is 0 Å². The Balaban J connectivity index is 1.62. The molecule has 3 heterocycles. The lowest BCUT2D eigenvalue weighted by Crippen LogP contribution is -2.45. The predicted molar refractivity (Wildman–Crippen MR) is 106 cm³/mol. The molecule has 0 unspecified atom stereocenters. The van der Waals surface area contributed by atoms with Gasteiger partial charge in [0.1, 0.15) is 17.1 Å². The molecule has 1 aromatic rings. The Morgan fingerprint density at radius 2 is 2.23 bits per heavy atom. The van der Waals surface area contributed by atoms with Gasteiger partial charge in [0.2, 0.25) is 0 Å². The Kier molecular flexibility index (Phi) is 7.06. The summed E-state index contributed by atoms with van der Waals surface area (Å²) in [5, 5.41) is 0. The first-order chi connectivity index (χ1) is 14.0. The van der Waals surface area contributed by atoms with Gasteiger partial charge in [-0.3, -0.25) is 22.9 Å². The molecule has 0 N–H and O–H groups in total. The summed E-state index contributed by atoms with van der Waals surface area (Å²) in [6.45, 7) is 6.75. The van der Waals surface area contributed by atoms with Gasteiger partial charge >= 0.3 is 19.5 Å². The lowest BCUT2D eigenvalue weighted by Gasteiger charge is -2.34. The Labute approximate surface area is 179 Å². The highest BCUT2D eigenvalue weighted by atomic mass is 35.5. The number of aryl methyl sites for hydroxylation is 1. The largest absolute Gasteiger partial charge is 0.475 e. The average Bonchev–Trinajstić information content (AvgIpc) is 2.89. The Hall–Kier alpha value is -1.29. The molecule has 5 atom stereocenters. The predicted octanol–water partition coefficient (Wildman–Crippen LogP) is 2.72. The van der Waals surface area contributed by atoms with Crippen molar-refractivity contribution in [2.75, 3.05) is 13.2 Å². The summed E-state index contributed by atoms with van der Waals surface area (Å²) in [6.07, 6.45) is -0.632. The van der Waals surface area contributed by atoms with E-state index in [4.69, 9.17) is 34.6 Å². The molecule has 10 nitrogen and oxygen atoms in total. The molecule has 12 heteroatoms. The van der Waals surface area contributed by atoms with Crippen LogP contribution in [-0.4, -0.2) is 51.9 Å². The van der Waals surface area contributed by atoms with Crippen LogP contribution in [0.3, 0.4) is 0 Å². The first-order valence-electron chi connectivity index (χ1n) is 9.69. The van der Waals surface area contributed by atoms with Crippen molar-refractivity contribution >= 4 is 25.4 Å². The molecule has 2 saturated heterocycles. The van der Waals surface area contributed by atoms with Crippen LogP contribution in [0.1, 0.15) is 45.5 Å². The van der Waals surface area contributed by atoms with Gasteiger partial charge in [0.05, 0.1) is 19.3 Å². The smallest absolute Gasteiger partial charge is 0.463 e. The highest BCUT2D eigenvalue weighted by molar-refractivity contribution is 7.48. The molecule has 0 saturated carbocycles. The van der Waals surface area contributed by atoms with Gasteiger partial charge < -0.3 is 9.47 Å². The van der Waals surface area contributed by atoms with Crippen LogP contribution >= 0.6 is 19.4 Å². The fourth-order valence-electron chi connectivity index (χ4n) is 3.30. The molecule has 1 aromatic heterocycles. The molecule has 3 rings (SSSR count). The second-order valence-corrected chi connectivity index (χ2v) is 10.1. The lowest BCUT2D eigenvalue weighted by atomic mass is 10.0. The first-order valence-corrected chi connectivity index (χ1v) is 11.5. The summed E-state index contributed by atoms with van der Waals surface area (Å²) >= 11 is 6.70. The van der Waals surface area contributed by atoms with Crippen LogP contribution < -0.4 is 5.69 Å². The quantitative estimate of drug-likeness (QED) is 0.260. The maximum Gasteiger partial charge on any atom is 0.475 e. The number of phosphoric ester groups is 1. The number of nitrogens with zero attached hydrogens (tertiary/aromatic N) is 2. The van der Waals surface area contributed by atoms with Crippen molar-refractivity contribution in [1.82, 2.24) is 9.55 Å². The number of alkyl halides is 1. The van der Waals surface area contributed by atoms with Crippen LogP contribution in [0.5, 0.6) is 0 Å². The van der Waals surface area contributed by atoms with Crippen molar-refractivity contribution < 1.29 is 32.4 Å². The van der Waals surface area contributed by atoms with Crippen molar-refractivity contribution in [2.24, 2.45) is 0 Å². The zero-order chi connectivity index (χ0) is 22.1. The standard InChI is InChI=1S/C18H26ClN2O8P/c1-11(2)27-14(22)6-5-9-25-30(24)26-10-13-15(29-30)18(4,19)16(28-13)21-8-7-12(3)20-17(21)23/h7-8,11,13,15-16H,5-6,9-10H2,1-4H3/t13-,15-,16-,18-,30-/m1/s1. The SMILES string of the molecule is Cc1ccn([C@@H]2O[C@@H]3CO[P@@](=O)(OCCCC(=O)OC(C)C)O[C@H]3[C@@]2(C)Cl)c(=O)n1. The van der Waals surface area contributed by atoms with Crippen molar-refractivity contribution in [2.45, 2.75) is 70.0 Å². The van der Waals surface area contributed by atoms with Crippen LogP contribution in [0, 0.1) is 6.92 Å². The van der Waals surface area contributed by atoms with Gasteiger partial charge in [-0.15, -0.1) is 11.6 Å². The molecule has 0 aliphatic carbocycles. The van der Waals surface area contributed by atoms with Crippen LogP contribution in [0.15, 0.2) is 17.1 Å². The summed E-state index contributed by atoms with van der Waals surface area (Å²) < 4.78 is 41.2. The third-order valence-corrected chi connectivity index (χ3v) is 6.53. The van der Waals surface area contributed by atoms with E-state index in [1.165, 1.54) is 4.57 Å². The molecule has 0 amide bonds. The Morgan fingerprint density at radius 3 is 2.90 bits per heavy atom. The first kappa shape index (κ1) is 23.4. The third kappa shape index (κ3) is 5.12. The Bertz CT molecular complexity index is 889. The van der Waals surface area contributed by atoms with Crippen LogP contribution in [0.25, 0.3) is 0 Å². The van der Waals surface area contributed by atoms with Crippen molar-refractivity contribution in [3.8, 4) is 0 Å². The highest BCUT2D eigenvalue weighted by Crippen LogP contribution is 2.60. The molecule has 0 aromatic carbocycles. The number of carbonyl (C=O) groups excluding carboxylic acids is 1. The number of ether oxygens (including phenoxy) is 2. The van der Waals surface area contributed by atoms with Gasteiger partial charge in [-0.2, -0.15) is 4.98 Å². The minimum absolute atomic E-state index is 0.0213. The van der Waals surface area contributed by atoms with E-state index in [1.807, 2.05) is 0 Å². The maximum atomic E-state index is 12.9. The highest BCUT2D eigenvalue weighted by Gasteiger charge is 2.60. The summed E-state index contributed by atoms with van der Waals surface area (Å²) in [6, 6.07) is 1.66.